The zero-order chi connectivity index (χ0) is 11.3. The van der Waals surface area contributed by atoms with Crippen LogP contribution in [0.1, 0.15) is 19.8 Å². The molecule has 0 spiro atoms. The summed E-state index contributed by atoms with van der Waals surface area (Å²) < 4.78 is 10.0. The number of carbonyl (C=O) groups excluding carboxylic acids is 2. The van der Waals surface area contributed by atoms with Crippen LogP contribution in [0.5, 0.6) is 0 Å². The Morgan fingerprint density at radius 2 is 2.13 bits per heavy atom. The smallest absolute Gasteiger partial charge is 0.335 e. The molecule has 1 aliphatic carbocycles. The van der Waals surface area contributed by atoms with Crippen molar-refractivity contribution in [3.8, 4) is 0 Å². The van der Waals surface area contributed by atoms with Crippen LogP contribution in [0.25, 0.3) is 0 Å². The van der Waals surface area contributed by atoms with Crippen LogP contribution in [-0.2, 0) is 19.1 Å². The molecule has 0 heterocycles. The Balaban J connectivity index is 2.10. The van der Waals surface area contributed by atoms with Gasteiger partial charge >= 0.3 is 5.97 Å². The summed E-state index contributed by atoms with van der Waals surface area (Å²) in [4.78, 5) is 22.1. The SMILES string of the molecule is CNC(=O)COC(=O)[C@H](C)OCC1CC1. The van der Waals surface area contributed by atoms with E-state index in [1.165, 1.54) is 19.9 Å². The molecule has 1 atom stereocenters. The lowest BCUT2D eigenvalue weighted by molar-refractivity contribution is -0.159. The van der Waals surface area contributed by atoms with E-state index in [-0.39, 0.29) is 12.5 Å². The van der Waals surface area contributed by atoms with Gasteiger partial charge in [-0.25, -0.2) is 4.79 Å². The lowest BCUT2D eigenvalue weighted by atomic mass is 10.4. The third-order valence-corrected chi connectivity index (χ3v) is 2.24. The Bertz CT molecular complexity index is 238. The fourth-order valence-corrected chi connectivity index (χ4v) is 0.959. The zero-order valence-electron chi connectivity index (χ0n) is 9.12. The van der Waals surface area contributed by atoms with Crippen molar-refractivity contribution >= 4 is 11.9 Å². The normalized spacial score (nSPS) is 16.9. The number of rotatable bonds is 6. The first kappa shape index (κ1) is 12.0. The maximum Gasteiger partial charge on any atom is 0.335 e. The summed E-state index contributed by atoms with van der Waals surface area (Å²) >= 11 is 0. The van der Waals surface area contributed by atoms with Crippen molar-refractivity contribution in [1.29, 1.82) is 0 Å². The fourth-order valence-electron chi connectivity index (χ4n) is 0.959. The first-order valence-electron chi connectivity index (χ1n) is 5.12. The third kappa shape index (κ3) is 4.78. The molecule has 1 fully saturated rings. The Labute approximate surface area is 89.1 Å². The van der Waals surface area contributed by atoms with E-state index < -0.39 is 12.1 Å². The topological polar surface area (TPSA) is 64.6 Å². The minimum Gasteiger partial charge on any atom is -0.454 e. The molecular weight excluding hydrogens is 198 g/mol. The van der Waals surface area contributed by atoms with E-state index in [0.717, 1.165) is 0 Å². The van der Waals surface area contributed by atoms with Crippen molar-refractivity contribution in [3.63, 3.8) is 0 Å². The lowest BCUT2D eigenvalue weighted by Gasteiger charge is -2.11. The number of amides is 1. The highest BCUT2D eigenvalue weighted by molar-refractivity contribution is 5.81. The van der Waals surface area contributed by atoms with Gasteiger partial charge in [0.05, 0.1) is 6.61 Å². The average molecular weight is 215 g/mol. The van der Waals surface area contributed by atoms with Crippen LogP contribution in [0, 0.1) is 5.92 Å². The van der Waals surface area contributed by atoms with Gasteiger partial charge in [-0.2, -0.15) is 0 Å². The summed E-state index contributed by atoms with van der Waals surface area (Å²) in [6, 6.07) is 0. The van der Waals surface area contributed by atoms with Crippen LogP contribution >= 0.6 is 0 Å². The molecule has 15 heavy (non-hydrogen) atoms. The van der Waals surface area contributed by atoms with E-state index >= 15 is 0 Å². The van der Waals surface area contributed by atoms with Gasteiger partial charge in [0.2, 0.25) is 0 Å². The van der Waals surface area contributed by atoms with Crippen molar-refractivity contribution < 1.29 is 19.1 Å². The summed E-state index contributed by atoms with van der Waals surface area (Å²) in [5.41, 5.74) is 0. The molecule has 0 aliphatic heterocycles. The van der Waals surface area contributed by atoms with Crippen LogP contribution in [0.3, 0.4) is 0 Å². The Hall–Kier alpha value is -1.10. The standard InChI is InChI=1S/C10H17NO4/c1-7(14-5-8-3-4-8)10(13)15-6-9(12)11-2/h7-8H,3-6H2,1-2H3,(H,11,12)/t7-/m0/s1. The van der Waals surface area contributed by atoms with E-state index in [2.05, 4.69) is 5.32 Å². The highest BCUT2D eigenvalue weighted by Gasteiger charge is 2.24. The van der Waals surface area contributed by atoms with Crippen LogP contribution in [0.2, 0.25) is 0 Å². The van der Waals surface area contributed by atoms with Crippen LogP contribution in [-0.4, -0.2) is 38.2 Å². The predicted molar refractivity (Wildman–Crippen MR) is 53.2 cm³/mol. The van der Waals surface area contributed by atoms with E-state index in [9.17, 15) is 9.59 Å². The number of ether oxygens (including phenoxy) is 2. The second-order valence-corrected chi connectivity index (χ2v) is 3.70. The number of hydrogen-bond acceptors (Lipinski definition) is 4. The molecule has 5 nitrogen and oxygen atoms in total. The summed E-state index contributed by atoms with van der Waals surface area (Å²) in [7, 11) is 1.49. The van der Waals surface area contributed by atoms with Gasteiger partial charge in [-0.3, -0.25) is 4.79 Å². The minimum absolute atomic E-state index is 0.244. The van der Waals surface area contributed by atoms with Crippen molar-refractivity contribution in [2.75, 3.05) is 20.3 Å². The van der Waals surface area contributed by atoms with E-state index in [4.69, 9.17) is 9.47 Å². The molecule has 1 amide bonds. The van der Waals surface area contributed by atoms with Crippen molar-refractivity contribution in [2.45, 2.75) is 25.9 Å². The molecule has 5 heteroatoms. The molecule has 0 saturated heterocycles. The summed E-state index contributed by atoms with van der Waals surface area (Å²) in [5.74, 6) is -0.198. The van der Waals surface area contributed by atoms with Gasteiger partial charge in [-0.1, -0.05) is 0 Å². The highest BCUT2D eigenvalue weighted by atomic mass is 16.6. The zero-order valence-corrected chi connectivity index (χ0v) is 9.12. The Kier molecular flexibility index (Phi) is 4.55. The van der Waals surface area contributed by atoms with Gasteiger partial charge in [0.15, 0.2) is 12.7 Å². The number of esters is 1. The number of likely N-dealkylation sites (N-methyl/N-ethyl adjacent to an activating group) is 1. The van der Waals surface area contributed by atoms with E-state index in [0.29, 0.717) is 12.5 Å². The summed E-state index contributed by atoms with van der Waals surface area (Å²) in [5, 5.41) is 2.36. The average Bonchev–Trinajstić information content (AvgIpc) is 3.05. The molecule has 0 aromatic carbocycles. The molecule has 0 radical (unpaired) electrons. The maximum atomic E-state index is 11.3. The van der Waals surface area contributed by atoms with Gasteiger partial charge in [0, 0.05) is 7.05 Å². The maximum absolute atomic E-state index is 11.3. The molecule has 1 rings (SSSR count). The molecule has 0 aromatic heterocycles. The van der Waals surface area contributed by atoms with Gasteiger partial charge in [-0.05, 0) is 25.7 Å². The molecule has 86 valence electrons. The first-order chi connectivity index (χ1) is 7.13. The van der Waals surface area contributed by atoms with Crippen LogP contribution < -0.4 is 5.32 Å². The quantitative estimate of drug-likeness (QED) is 0.638. The summed E-state index contributed by atoms with van der Waals surface area (Å²) in [6.07, 6.45) is 1.77. The number of hydrogen-bond donors (Lipinski definition) is 1. The molecule has 0 aromatic rings. The Morgan fingerprint density at radius 3 is 2.67 bits per heavy atom. The van der Waals surface area contributed by atoms with Crippen LogP contribution in [0.4, 0.5) is 0 Å². The number of nitrogens with one attached hydrogen (secondary N) is 1. The van der Waals surface area contributed by atoms with Gasteiger partial charge in [-0.15, -0.1) is 0 Å². The van der Waals surface area contributed by atoms with Gasteiger partial charge < -0.3 is 14.8 Å². The summed E-state index contributed by atoms with van der Waals surface area (Å²) in [6.45, 7) is 2.00. The molecular formula is C10H17NO4. The molecule has 1 saturated carbocycles. The van der Waals surface area contributed by atoms with Crippen molar-refractivity contribution in [1.82, 2.24) is 5.32 Å². The molecule has 1 aliphatic rings. The molecule has 0 bridgehead atoms. The Morgan fingerprint density at radius 1 is 1.47 bits per heavy atom. The monoisotopic (exact) mass is 215 g/mol. The highest BCUT2D eigenvalue weighted by Crippen LogP contribution is 2.29. The largest absolute Gasteiger partial charge is 0.454 e. The van der Waals surface area contributed by atoms with E-state index in [1.54, 1.807) is 6.92 Å². The minimum atomic E-state index is -0.588. The first-order valence-corrected chi connectivity index (χ1v) is 5.12. The van der Waals surface area contributed by atoms with Crippen molar-refractivity contribution in [2.24, 2.45) is 5.92 Å². The predicted octanol–water partition coefficient (Wildman–Crippen LogP) is 0.0907. The number of carbonyl (C=O) groups is 2. The molecule has 0 unspecified atom stereocenters. The molecule has 1 N–H and O–H groups in total. The van der Waals surface area contributed by atoms with Gasteiger partial charge in [0.1, 0.15) is 0 Å². The third-order valence-electron chi connectivity index (χ3n) is 2.24. The van der Waals surface area contributed by atoms with Crippen molar-refractivity contribution in [3.05, 3.63) is 0 Å². The van der Waals surface area contributed by atoms with E-state index in [1.807, 2.05) is 0 Å². The fraction of sp³-hybridized carbons (Fsp3) is 0.800. The van der Waals surface area contributed by atoms with Crippen LogP contribution in [0.15, 0.2) is 0 Å². The second kappa shape index (κ2) is 5.70. The second-order valence-electron chi connectivity index (χ2n) is 3.70. The lowest BCUT2D eigenvalue weighted by Crippen LogP contribution is -2.30. The van der Waals surface area contributed by atoms with Gasteiger partial charge in [0.25, 0.3) is 5.91 Å².